The monoisotopic (exact) mass is 383 g/mol. The maximum absolute atomic E-state index is 12.1. The predicted molar refractivity (Wildman–Crippen MR) is 112 cm³/mol. The van der Waals surface area contributed by atoms with E-state index in [9.17, 15) is 15.0 Å². The van der Waals surface area contributed by atoms with Crippen LogP contribution < -0.4 is 5.11 Å². The highest BCUT2D eigenvalue weighted by Crippen LogP contribution is 2.24. The largest absolute Gasteiger partial charge is 0.544 e. The quantitative estimate of drug-likeness (QED) is 0.219. The fourth-order valence-corrected chi connectivity index (χ4v) is 4.12. The van der Waals surface area contributed by atoms with Crippen molar-refractivity contribution < 1.29 is 19.5 Å². The number of allylic oxidation sites excluding steroid dienone is 2. The molecule has 0 amide bonds. The molecule has 0 radical (unpaired) electrons. The van der Waals surface area contributed by atoms with E-state index in [-0.39, 0.29) is 0 Å². The number of aliphatic hydroxyl groups is 1. The molecular weight excluding hydrogens is 338 g/mol. The number of aliphatic hydroxyl groups excluding tert-OH is 1. The van der Waals surface area contributed by atoms with Gasteiger partial charge in [0.1, 0.15) is 18.7 Å². The van der Waals surface area contributed by atoms with Gasteiger partial charge in [0.2, 0.25) is 0 Å². The van der Waals surface area contributed by atoms with E-state index < -0.39 is 18.1 Å². The lowest BCUT2D eigenvalue weighted by molar-refractivity contribution is -0.948. The van der Waals surface area contributed by atoms with Gasteiger partial charge in [0, 0.05) is 6.42 Å². The second-order valence-electron chi connectivity index (χ2n) is 8.04. The zero-order chi connectivity index (χ0) is 20.5. The third-order valence-electron chi connectivity index (χ3n) is 5.63. The van der Waals surface area contributed by atoms with Crippen LogP contribution in [0.4, 0.5) is 0 Å². The first-order chi connectivity index (χ1) is 13.0. The van der Waals surface area contributed by atoms with Gasteiger partial charge in [-0.1, -0.05) is 52.2 Å². The van der Waals surface area contributed by atoms with Gasteiger partial charge in [-0.3, -0.25) is 0 Å². The highest BCUT2D eigenvalue weighted by atomic mass is 16.4. The number of carboxylic acids is 1. The predicted octanol–water partition coefficient (Wildman–Crippen LogP) is 4.21. The molecule has 0 fully saturated rings. The Kier molecular flexibility index (Phi) is 15.6. The Labute approximate surface area is 168 Å². The Morgan fingerprint density at radius 2 is 1.56 bits per heavy atom. The molecule has 0 aromatic heterocycles. The number of hydrogen-bond donors (Lipinski definition) is 1. The summed E-state index contributed by atoms with van der Waals surface area (Å²) < 4.78 is 0.501. The van der Waals surface area contributed by atoms with Crippen molar-refractivity contribution in [2.45, 2.75) is 110 Å². The zero-order valence-electron chi connectivity index (χ0n) is 18.4. The minimum absolute atomic E-state index is 0.447. The summed E-state index contributed by atoms with van der Waals surface area (Å²) in [5.41, 5.74) is 0. The Hall–Kier alpha value is -0.870. The third-order valence-corrected chi connectivity index (χ3v) is 5.63. The molecule has 160 valence electrons. The summed E-state index contributed by atoms with van der Waals surface area (Å²) in [6.07, 6.45) is 14.3. The number of quaternary nitrogens is 1. The highest BCUT2D eigenvalue weighted by Gasteiger charge is 2.38. The highest BCUT2D eigenvalue weighted by molar-refractivity contribution is 5.69. The van der Waals surface area contributed by atoms with Crippen LogP contribution in [0.15, 0.2) is 12.2 Å². The summed E-state index contributed by atoms with van der Waals surface area (Å²) in [5, 5.41) is 22.8. The van der Waals surface area contributed by atoms with Crippen LogP contribution in [0, 0.1) is 0 Å². The molecule has 0 rings (SSSR count). The van der Waals surface area contributed by atoms with E-state index in [2.05, 4.69) is 19.9 Å². The summed E-state index contributed by atoms with van der Waals surface area (Å²) in [7, 11) is 0. The average molecular weight is 384 g/mol. The first-order valence-electron chi connectivity index (χ1n) is 11.3. The summed E-state index contributed by atoms with van der Waals surface area (Å²) in [6.45, 7) is 10.6. The standard InChI is InChI=1S/C23H45NO3/c1-5-9-12-13-17-21(25)20-24(18-14-10-6-2,19-15-11-7-3)22(16-8-4)23(26)27/h5,9,21-22,25H,6-8,10-20H2,1-4H3/b9-5+. The van der Waals surface area contributed by atoms with E-state index in [1.165, 1.54) is 0 Å². The number of aliphatic carboxylic acids is 1. The van der Waals surface area contributed by atoms with Gasteiger partial charge in [-0.05, 0) is 51.9 Å². The molecule has 0 aliphatic carbocycles. The van der Waals surface area contributed by atoms with Crippen LogP contribution in [0.5, 0.6) is 0 Å². The fourth-order valence-electron chi connectivity index (χ4n) is 4.12. The normalized spacial score (nSPS) is 14.6. The van der Waals surface area contributed by atoms with Gasteiger partial charge in [0.05, 0.1) is 19.1 Å². The van der Waals surface area contributed by atoms with Crippen LogP contribution in [0.1, 0.15) is 98.3 Å². The number of nitrogens with zero attached hydrogens (tertiary/aromatic N) is 1. The zero-order valence-corrected chi connectivity index (χ0v) is 18.4. The second kappa shape index (κ2) is 16.1. The van der Waals surface area contributed by atoms with Crippen LogP contribution in [0.25, 0.3) is 0 Å². The summed E-state index contributed by atoms with van der Waals surface area (Å²) in [4.78, 5) is 12.1. The lowest BCUT2D eigenvalue weighted by atomic mass is 10.0. The molecule has 0 aromatic carbocycles. The van der Waals surface area contributed by atoms with E-state index in [0.29, 0.717) is 17.4 Å². The lowest BCUT2D eigenvalue weighted by Crippen LogP contribution is -2.64. The first kappa shape index (κ1) is 26.1. The van der Waals surface area contributed by atoms with Gasteiger partial charge in [0.15, 0.2) is 0 Å². The number of rotatable bonds is 18. The second-order valence-corrected chi connectivity index (χ2v) is 8.04. The van der Waals surface area contributed by atoms with Gasteiger partial charge < -0.3 is 19.5 Å². The molecule has 0 heterocycles. The minimum atomic E-state index is -0.939. The van der Waals surface area contributed by atoms with Gasteiger partial charge in [-0.2, -0.15) is 0 Å². The first-order valence-corrected chi connectivity index (χ1v) is 11.3. The maximum atomic E-state index is 12.1. The van der Waals surface area contributed by atoms with Gasteiger partial charge >= 0.3 is 0 Å². The van der Waals surface area contributed by atoms with Crippen LogP contribution >= 0.6 is 0 Å². The van der Waals surface area contributed by atoms with Crippen LogP contribution in [-0.2, 0) is 4.79 Å². The molecule has 0 aromatic rings. The Balaban J connectivity index is 5.39. The smallest absolute Gasteiger partial charge is 0.129 e. The molecule has 0 saturated heterocycles. The van der Waals surface area contributed by atoms with Crippen LogP contribution in [0.2, 0.25) is 0 Å². The molecule has 0 spiro atoms. The Bertz CT molecular complexity index is 385. The molecular formula is C23H45NO3. The van der Waals surface area contributed by atoms with Crippen molar-refractivity contribution in [3.63, 3.8) is 0 Å². The van der Waals surface area contributed by atoms with Crippen molar-refractivity contribution in [3.8, 4) is 0 Å². The third kappa shape index (κ3) is 10.9. The number of carbonyl (C=O) groups is 1. The summed E-state index contributed by atoms with van der Waals surface area (Å²) in [6, 6.07) is -0.506. The molecule has 1 N–H and O–H groups in total. The van der Waals surface area contributed by atoms with Gasteiger partial charge in [-0.25, -0.2) is 0 Å². The average Bonchev–Trinajstić information content (AvgIpc) is 2.63. The summed E-state index contributed by atoms with van der Waals surface area (Å²) in [5.74, 6) is -0.939. The van der Waals surface area contributed by atoms with Crippen LogP contribution in [-0.4, -0.2) is 47.3 Å². The lowest BCUT2D eigenvalue weighted by Gasteiger charge is -2.47. The van der Waals surface area contributed by atoms with E-state index >= 15 is 0 Å². The topological polar surface area (TPSA) is 60.4 Å². The SMILES string of the molecule is C/C=C/CCCC(O)C[N+](CCCCC)(CCCCC)C(CCC)C(=O)[O-]. The van der Waals surface area contributed by atoms with Crippen molar-refractivity contribution in [1.82, 2.24) is 0 Å². The molecule has 2 atom stereocenters. The fraction of sp³-hybridized carbons (Fsp3) is 0.870. The van der Waals surface area contributed by atoms with Crippen molar-refractivity contribution >= 4 is 5.97 Å². The molecule has 0 aliphatic heterocycles. The molecule has 4 nitrogen and oxygen atoms in total. The van der Waals surface area contributed by atoms with E-state index in [0.717, 1.165) is 77.3 Å². The number of carbonyl (C=O) groups excluding carboxylic acids is 1. The molecule has 0 saturated carbocycles. The molecule has 0 aliphatic rings. The van der Waals surface area contributed by atoms with Crippen molar-refractivity contribution in [2.75, 3.05) is 19.6 Å². The van der Waals surface area contributed by atoms with E-state index in [4.69, 9.17) is 0 Å². The number of hydrogen-bond acceptors (Lipinski definition) is 3. The van der Waals surface area contributed by atoms with E-state index in [1.807, 2.05) is 19.9 Å². The van der Waals surface area contributed by atoms with Crippen molar-refractivity contribution in [2.24, 2.45) is 0 Å². The Morgan fingerprint density at radius 1 is 0.963 bits per heavy atom. The van der Waals surface area contributed by atoms with Crippen molar-refractivity contribution in [1.29, 1.82) is 0 Å². The van der Waals surface area contributed by atoms with Gasteiger partial charge in [0.25, 0.3) is 0 Å². The Morgan fingerprint density at radius 3 is 2.00 bits per heavy atom. The molecule has 2 unspecified atom stereocenters. The number of unbranched alkanes of at least 4 members (excludes halogenated alkanes) is 5. The molecule has 27 heavy (non-hydrogen) atoms. The van der Waals surface area contributed by atoms with E-state index in [1.54, 1.807) is 0 Å². The van der Waals surface area contributed by atoms with Gasteiger partial charge in [-0.15, -0.1) is 0 Å². The summed E-state index contributed by atoms with van der Waals surface area (Å²) >= 11 is 0. The maximum Gasteiger partial charge on any atom is 0.129 e. The van der Waals surface area contributed by atoms with Crippen LogP contribution in [0.3, 0.4) is 0 Å². The minimum Gasteiger partial charge on any atom is -0.544 e. The molecule has 4 heteroatoms. The number of carboxylic acid groups (broad SMARTS) is 1. The molecule has 0 bridgehead atoms. The van der Waals surface area contributed by atoms with Crippen molar-refractivity contribution in [3.05, 3.63) is 12.2 Å².